The average Bonchev–Trinajstić information content (AvgIpc) is 2.46. The molecule has 2 aromatic rings. The Morgan fingerprint density at radius 1 is 1.20 bits per heavy atom. The van der Waals surface area contributed by atoms with E-state index in [2.05, 4.69) is 21.2 Å². The molecular formula is C16H16BrNO2. The molecule has 0 unspecified atom stereocenters. The maximum absolute atomic E-state index is 12.2. The van der Waals surface area contributed by atoms with Crippen molar-refractivity contribution in [2.24, 2.45) is 0 Å². The van der Waals surface area contributed by atoms with Crippen LogP contribution in [0, 0.1) is 6.92 Å². The van der Waals surface area contributed by atoms with Crippen LogP contribution in [0.3, 0.4) is 0 Å². The van der Waals surface area contributed by atoms with Gasteiger partial charge in [0.15, 0.2) is 0 Å². The molecule has 0 radical (unpaired) electrons. The smallest absolute Gasteiger partial charge is 0.255 e. The highest BCUT2D eigenvalue weighted by atomic mass is 79.9. The van der Waals surface area contributed by atoms with Crippen molar-refractivity contribution in [3.63, 3.8) is 0 Å². The molecule has 3 nitrogen and oxygen atoms in total. The SMILES string of the molecule is COc1cc(Br)ccc1C(=O)NCc1ccc(C)cc1. The lowest BCUT2D eigenvalue weighted by Crippen LogP contribution is -2.23. The van der Waals surface area contributed by atoms with Crippen LogP contribution in [-0.4, -0.2) is 13.0 Å². The lowest BCUT2D eigenvalue weighted by molar-refractivity contribution is 0.0948. The molecule has 2 aromatic carbocycles. The topological polar surface area (TPSA) is 38.3 Å². The van der Waals surface area contributed by atoms with E-state index in [1.165, 1.54) is 5.56 Å². The Morgan fingerprint density at radius 2 is 1.90 bits per heavy atom. The van der Waals surface area contributed by atoms with Crippen molar-refractivity contribution in [3.05, 3.63) is 63.6 Å². The second kappa shape index (κ2) is 6.57. The number of methoxy groups -OCH3 is 1. The van der Waals surface area contributed by atoms with Crippen LogP contribution in [-0.2, 0) is 6.54 Å². The molecule has 104 valence electrons. The van der Waals surface area contributed by atoms with Crippen LogP contribution in [0.5, 0.6) is 5.75 Å². The molecule has 0 aromatic heterocycles. The first kappa shape index (κ1) is 14.6. The highest BCUT2D eigenvalue weighted by molar-refractivity contribution is 9.10. The summed E-state index contributed by atoms with van der Waals surface area (Å²) in [6.07, 6.45) is 0. The zero-order chi connectivity index (χ0) is 14.5. The lowest BCUT2D eigenvalue weighted by atomic mass is 10.1. The first-order chi connectivity index (χ1) is 9.60. The summed E-state index contributed by atoms with van der Waals surface area (Å²) >= 11 is 3.36. The molecular weight excluding hydrogens is 318 g/mol. The van der Waals surface area contributed by atoms with Gasteiger partial charge in [-0.1, -0.05) is 45.8 Å². The van der Waals surface area contributed by atoms with Crippen LogP contribution in [0.15, 0.2) is 46.9 Å². The molecule has 0 aliphatic heterocycles. The van der Waals surface area contributed by atoms with E-state index in [0.717, 1.165) is 10.0 Å². The molecule has 0 saturated heterocycles. The van der Waals surface area contributed by atoms with Crippen LogP contribution in [0.4, 0.5) is 0 Å². The van der Waals surface area contributed by atoms with E-state index in [1.807, 2.05) is 37.3 Å². The standard InChI is InChI=1S/C16H16BrNO2/c1-11-3-5-12(6-4-11)10-18-16(19)14-8-7-13(17)9-15(14)20-2/h3-9H,10H2,1-2H3,(H,18,19). The summed E-state index contributed by atoms with van der Waals surface area (Å²) in [4.78, 5) is 12.2. The van der Waals surface area contributed by atoms with Gasteiger partial charge in [-0.15, -0.1) is 0 Å². The normalized spacial score (nSPS) is 10.2. The molecule has 0 saturated carbocycles. The molecule has 4 heteroatoms. The summed E-state index contributed by atoms with van der Waals surface area (Å²) < 4.78 is 6.10. The number of rotatable bonds is 4. The molecule has 0 atom stereocenters. The van der Waals surface area contributed by atoms with Crippen LogP contribution in [0.1, 0.15) is 21.5 Å². The third-order valence-electron chi connectivity index (χ3n) is 2.98. The number of nitrogens with one attached hydrogen (secondary N) is 1. The molecule has 20 heavy (non-hydrogen) atoms. The number of carbonyl (C=O) groups is 1. The monoisotopic (exact) mass is 333 g/mol. The van der Waals surface area contributed by atoms with Gasteiger partial charge in [0.1, 0.15) is 5.75 Å². The summed E-state index contributed by atoms with van der Waals surface area (Å²) in [6.45, 7) is 2.54. The molecule has 0 spiro atoms. The second-order valence-corrected chi connectivity index (χ2v) is 5.43. The van der Waals surface area contributed by atoms with Crippen LogP contribution >= 0.6 is 15.9 Å². The van der Waals surface area contributed by atoms with Gasteiger partial charge in [0.25, 0.3) is 5.91 Å². The third kappa shape index (κ3) is 3.61. The minimum absolute atomic E-state index is 0.144. The number of carbonyl (C=O) groups excluding carboxylic acids is 1. The van der Waals surface area contributed by atoms with Gasteiger partial charge < -0.3 is 10.1 Å². The first-order valence-electron chi connectivity index (χ1n) is 6.27. The van der Waals surface area contributed by atoms with Crippen molar-refractivity contribution in [2.75, 3.05) is 7.11 Å². The van der Waals surface area contributed by atoms with Crippen molar-refractivity contribution < 1.29 is 9.53 Å². The minimum Gasteiger partial charge on any atom is -0.496 e. The summed E-state index contributed by atoms with van der Waals surface area (Å²) in [5, 5.41) is 2.89. The molecule has 2 rings (SSSR count). The second-order valence-electron chi connectivity index (χ2n) is 4.51. The predicted molar refractivity (Wildman–Crippen MR) is 83.0 cm³/mol. The van der Waals surface area contributed by atoms with E-state index >= 15 is 0 Å². The molecule has 1 N–H and O–H groups in total. The van der Waals surface area contributed by atoms with Gasteiger partial charge in [0.05, 0.1) is 12.7 Å². The lowest BCUT2D eigenvalue weighted by Gasteiger charge is -2.10. The average molecular weight is 334 g/mol. The van der Waals surface area contributed by atoms with Crippen molar-refractivity contribution in [2.45, 2.75) is 13.5 Å². The van der Waals surface area contributed by atoms with Gasteiger partial charge in [-0.25, -0.2) is 0 Å². The quantitative estimate of drug-likeness (QED) is 0.926. The largest absolute Gasteiger partial charge is 0.496 e. The molecule has 0 fully saturated rings. The van der Waals surface area contributed by atoms with Crippen molar-refractivity contribution >= 4 is 21.8 Å². The predicted octanol–water partition coefficient (Wildman–Crippen LogP) is 3.70. The van der Waals surface area contributed by atoms with E-state index in [9.17, 15) is 4.79 Å². The van der Waals surface area contributed by atoms with Crippen LogP contribution < -0.4 is 10.1 Å². The Labute approximate surface area is 127 Å². The van der Waals surface area contributed by atoms with Crippen LogP contribution in [0.25, 0.3) is 0 Å². The van der Waals surface area contributed by atoms with Crippen molar-refractivity contribution in [1.29, 1.82) is 0 Å². The summed E-state index contributed by atoms with van der Waals surface area (Å²) in [5.74, 6) is 0.413. The van der Waals surface area contributed by atoms with Gasteiger partial charge in [-0.05, 0) is 30.7 Å². The summed E-state index contributed by atoms with van der Waals surface area (Å²) in [6, 6.07) is 13.4. The molecule has 0 aliphatic carbocycles. The fraction of sp³-hybridized carbons (Fsp3) is 0.188. The molecule has 0 aliphatic rings. The fourth-order valence-corrected chi connectivity index (χ4v) is 2.18. The highest BCUT2D eigenvalue weighted by Crippen LogP contribution is 2.23. The van der Waals surface area contributed by atoms with E-state index in [4.69, 9.17) is 4.74 Å². The van der Waals surface area contributed by atoms with E-state index < -0.39 is 0 Å². The van der Waals surface area contributed by atoms with Gasteiger partial charge >= 0.3 is 0 Å². The number of ether oxygens (including phenoxy) is 1. The summed E-state index contributed by atoms with van der Waals surface area (Å²) in [5.41, 5.74) is 2.80. The van der Waals surface area contributed by atoms with E-state index in [0.29, 0.717) is 17.9 Å². The number of hydrogen-bond donors (Lipinski definition) is 1. The Kier molecular flexibility index (Phi) is 4.79. The van der Waals surface area contributed by atoms with E-state index in [-0.39, 0.29) is 5.91 Å². The maximum Gasteiger partial charge on any atom is 0.255 e. The van der Waals surface area contributed by atoms with Gasteiger partial charge in [0.2, 0.25) is 0 Å². The Bertz CT molecular complexity index is 608. The van der Waals surface area contributed by atoms with Crippen LogP contribution in [0.2, 0.25) is 0 Å². The Morgan fingerprint density at radius 3 is 2.55 bits per heavy atom. The molecule has 0 heterocycles. The Hall–Kier alpha value is -1.81. The van der Waals surface area contributed by atoms with Crippen molar-refractivity contribution in [3.8, 4) is 5.75 Å². The summed E-state index contributed by atoms with van der Waals surface area (Å²) in [7, 11) is 1.55. The number of halogens is 1. The van der Waals surface area contributed by atoms with Gasteiger partial charge in [0, 0.05) is 11.0 Å². The zero-order valence-electron chi connectivity index (χ0n) is 11.4. The Balaban J connectivity index is 2.07. The van der Waals surface area contributed by atoms with Gasteiger partial charge in [-0.2, -0.15) is 0 Å². The first-order valence-corrected chi connectivity index (χ1v) is 7.06. The zero-order valence-corrected chi connectivity index (χ0v) is 13.0. The number of aryl methyl sites for hydroxylation is 1. The maximum atomic E-state index is 12.2. The molecule has 1 amide bonds. The third-order valence-corrected chi connectivity index (χ3v) is 3.48. The minimum atomic E-state index is -0.144. The van der Waals surface area contributed by atoms with Gasteiger partial charge in [-0.3, -0.25) is 4.79 Å². The highest BCUT2D eigenvalue weighted by Gasteiger charge is 2.12. The molecule has 0 bridgehead atoms. The fourth-order valence-electron chi connectivity index (χ4n) is 1.84. The number of hydrogen-bond acceptors (Lipinski definition) is 2. The van der Waals surface area contributed by atoms with E-state index in [1.54, 1.807) is 19.2 Å². The van der Waals surface area contributed by atoms with Crippen molar-refractivity contribution in [1.82, 2.24) is 5.32 Å². The number of benzene rings is 2. The number of amides is 1.